The predicted molar refractivity (Wildman–Crippen MR) is 90.1 cm³/mol. The first-order valence-electron chi connectivity index (χ1n) is 7.19. The molecule has 0 spiro atoms. The van der Waals surface area contributed by atoms with Crippen molar-refractivity contribution in [1.82, 2.24) is 9.71 Å². The minimum Gasteiger partial charge on any atom is -0.265 e. The van der Waals surface area contributed by atoms with Crippen LogP contribution in [0.5, 0.6) is 0 Å². The summed E-state index contributed by atoms with van der Waals surface area (Å²) in [6.45, 7) is 0.241. The monoisotopic (exact) mass is 324 g/mol. The topological polar surface area (TPSA) is 59.1 Å². The molecule has 5 heteroatoms. The molecule has 0 aliphatic heterocycles. The number of hydrogen-bond acceptors (Lipinski definition) is 3. The lowest BCUT2D eigenvalue weighted by Gasteiger charge is -2.08. The van der Waals surface area contributed by atoms with E-state index in [0.29, 0.717) is 0 Å². The highest BCUT2D eigenvalue weighted by Gasteiger charge is 2.13. The number of hydrogen-bond donors (Lipinski definition) is 1. The van der Waals surface area contributed by atoms with Crippen LogP contribution in [0.15, 0.2) is 84.0 Å². The van der Waals surface area contributed by atoms with Crippen LogP contribution in [0.3, 0.4) is 0 Å². The highest BCUT2D eigenvalue weighted by atomic mass is 32.2. The van der Waals surface area contributed by atoms with E-state index in [4.69, 9.17) is 0 Å². The Hall–Kier alpha value is -2.50. The van der Waals surface area contributed by atoms with E-state index in [9.17, 15) is 8.42 Å². The number of benzene rings is 2. The molecule has 0 amide bonds. The Morgan fingerprint density at radius 2 is 1.39 bits per heavy atom. The van der Waals surface area contributed by atoms with Crippen molar-refractivity contribution >= 4 is 10.0 Å². The van der Waals surface area contributed by atoms with E-state index in [2.05, 4.69) is 9.71 Å². The normalized spacial score (nSPS) is 11.3. The molecule has 0 saturated heterocycles. The molecule has 0 unspecified atom stereocenters. The minimum atomic E-state index is -3.53. The van der Waals surface area contributed by atoms with Crippen LogP contribution in [0.2, 0.25) is 0 Å². The van der Waals surface area contributed by atoms with Gasteiger partial charge >= 0.3 is 0 Å². The minimum absolute atomic E-state index is 0.241. The SMILES string of the molecule is O=S(=O)(NCc1ccncc1)c1ccc(-c2ccccc2)cc1. The van der Waals surface area contributed by atoms with Crippen molar-refractivity contribution in [3.63, 3.8) is 0 Å². The first-order chi connectivity index (χ1) is 11.1. The summed E-state index contributed by atoms with van der Waals surface area (Å²) in [5.41, 5.74) is 2.91. The van der Waals surface area contributed by atoms with Gasteiger partial charge in [0.2, 0.25) is 10.0 Å². The molecular formula is C18H16N2O2S. The summed E-state index contributed by atoms with van der Waals surface area (Å²) in [5, 5.41) is 0. The summed E-state index contributed by atoms with van der Waals surface area (Å²) >= 11 is 0. The van der Waals surface area contributed by atoms with Gasteiger partial charge in [-0.15, -0.1) is 0 Å². The summed E-state index contributed by atoms with van der Waals surface area (Å²) < 4.78 is 27.2. The Balaban J connectivity index is 1.75. The third kappa shape index (κ3) is 3.83. The second-order valence-electron chi connectivity index (χ2n) is 5.07. The van der Waals surface area contributed by atoms with Crippen molar-refractivity contribution in [3.05, 3.63) is 84.7 Å². The largest absolute Gasteiger partial charge is 0.265 e. The zero-order chi connectivity index (χ0) is 16.1. The van der Waals surface area contributed by atoms with Crippen molar-refractivity contribution in [2.24, 2.45) is 0 Å². The van der Waals surface area contributed by atoms with Crippen LogP contribution in [0.25, 0.3) is 11.1 Å². The van der Waals surface area contributed by atoms with E-state index in [-0.39, 0.29) is 11.4 Å². The van der Waals surface area contributed by atoms with Crippen LogP contribution in [0, 0.1) is 0 Å². The molecule has 1 heterocycles. The van der Waals surface area contributed by atoms with Crippen molar-refractivity contribution in [2.45, 2.75) is 11.4 Å². The zero-order valence-electron chi connectivity index (χ0n) is 12.4. The molecule has 1 aromatic heterocycles. The molecular weight excluding hydrogens is 308 g/mol. The number of aromatic nitrogens is 1. The lowest BCUT2D eigenvalue weighted by molar-refractivity contribution is 0.581. The molecule has 0 fully saturated rings. The third-order valence-corrected chi connectivity index (χ3v) is 4.90. The number of pyridine rings is 1. The van der Waals surface area contributed by atoms with Crippen LogP contribution in [0.1, 0.15) is 5.56 Å². The molecule has 116 valence electrons. The molecule has 0 radical (unpaired) electrons. The van der Waals surface area contributed by atoms with Gasteiger partial charge in [-0.2, -0.15) is 0 Å². The van der Waals surface area contributed by atoms with E-state index in [1.165, 1.54) is 0 Å². The summed E-state index contributed by atoms with van der Waals surface area (Å²) in [4.78, 5) is 4.17. The molecule has 3 aromatic rings. The number of nitrogens with one attached hydrogen (secondary N) is 1. The fraction of sp³-hybridized carbons (Fsp3) is 0.0556. The predicted octanol–water partition coefficient (Wildman–Crippen LogP) is 3.23. The van der Waals surface area contributed by atoms with Gasteiger partial charge in [-0.05, 0) is 41.0 Å². The molecule has 0 atom stereocenters. The zero-order valence-corrected chi connectivity index (χ0v) is 13.2. The van der Waals surface area contributed by atoms with E-state index >= 15 is 0 Å². The number of sulfonamides is 1. The van der Waals surface area contributed by atoms with Gasteiger partial charge in [0.25, 0.3) is 0 Å². The fourth-order valence-electron chi connectivity index (χ4n) is 2.22. The lowest BCUT2D eigenvalue weighted by Crippen LogP contribution is -2.23. The standard InChI is InChI=1S/C18H16N2O2S/c21-23(22,20-14-15-10-12-19-13-11-15)18-8-6-17(7-9-18)16-4-2-1-3-5-16/h1-13,20H,14H2. The van der Waals surface area contributed by atoms with Gasteiger partial charge in [0, 0.05) is 18.9 Å². The van der Waals surface area contributed by atoms with Crippen molar-refractivity contribution in [3.8, 4) is 11.1 Å². The van der Waals surface area contributed by atoms with Crippen LogP contribution in [-0.4, -0.2) is 13.4 Å². The molecule has 0 aliphatic carbocycles. The van der Waals surface area contributed by atoms with Crippen LogP contribution < -0.4 is 4.72 Å². The molecule has 2 aromatic carbocycles. The Morgan fingerprint density at radius 3 is 2.04 bits per heavy atom. The van der Waals surface area contributed by atoms with Gasteiger partial charge in [0.1, 0.15) is 0 Å². The molecule has 1 N–H and O–H groups in total. The van der Waals surface area contributed by atoms with Crippen LogP contribution in [0.4, 0.5) is 0 Å². The van der Waals surface area contributed by atoms with Gasteiger partial charge in [-0.3, -0.25) is 4.98 Å². The average Bonchev–Trinajstić information content (AvgIpc) is 2.62. The van der Waals surface area contributed by atoms with Gasteiger partial charge in [0.05, 0.1) is 4.90 Å². The maximum absolute atomic E-state index is 12.3. The van der Waals surface area contributed by atoms with E-state index in [1.54, 1.807) is 36.7 Å². The van der Waals surface area contributed by atoms with E-state index < -0.39 is 10.0 Å². The molecule has 4 nitrogen and oxygen atoms in total. The molecule has 0 aliphatic rings. The Kier molecular flexibility index (Phi) is 4.50. The smallest absolute Gasteiger partial charge is 0.240 e. The second kappa shape index (κ2) is 6.73. The van der Waals surface area contributed by atoms with Gasteiger partial charge in [-0.1, -0.05) is 42.5 Å². The Bertz CT molecular complexity index is 862. The van der Waals surface area contributed by atoms with Gasteiger partial charge in [-0.25, -0.2) is 13.1 Å². The lowest BCUT2D eigenvalue weighted by atomic mass is 10.1. The van der Waals surface area contributed by atoms with Crippen LogP contribution >= 0.6 is 0 Å². The first kappa shape index (κ1) is 15.4. The fourth-order valence-corrected chi connectivity index (χ4v) is 3.24. The Morgan fingerprint density at radius 1 is 0.783 bits per heavy atom. The summed E-state index contributed by atoms with van der Waals surface area (Å²) in [6, 6.07) is 20.3. The third-order valence-electron chi connectivity index (χ3n) is 3.49. The van der Waals surface area contributed by atoms with Crippen molar-refractivity contribution in [1.29, 1.82) is 0 Å². The van der Waals surface area contributed by atoms with E-state index in [0.717, 1.165) is 16.7 Å². The summed E-state index contributed by atoms with van der Waals surface area (Å²) in [5.74, 6) is 0. The quantitative estimate of drug-likeness (QED) is 0.784. The molecule has 0 bridgehead atoms. The average molecular weight is 324 g/mol. The van der Waals surface area contributed by atoms with Gasteiger partial charge < -0.3 is 0 Å². The summed E-state index contributed by atoms with van der Waals surface area (Å²) in [7, 11) is -3.53. The second-order valence-corrected chi connectivity index (χ2v) is 6.84. The van der Waals surface area contributed by atoms with Crippen molar-refractivity contribution in [2.75, 3.05) is 0 Å². The highest BCUT2D eigenvalue weighted by Crippen LogP contribution is 2.21. The van der Waals surface area contributed by atoms with Gasteiger partial charge in [0.15, 0.2) is 0 Å². The van der Waals surface area contributed by atoms with Crippen molar-refractivity contribution < 1.29 is 8.42 Å². The number of nitrogens with zero attached hydrogens (tertiary/aromatic N) is 1. The first-order valence-corrected chi connectivity index (χ1v) is 8.67. The van der Waals surface area contributed by atoms with E-state index in [1.807, 2.05) is 42.5 Å². The molecule has 0 saturated carbocycles. The maximum atomic E-state index is 12.3. The molecule has 23 heavy (non-hydrogen) atoms. The molecule has 3 rings (SSSR count). The maximum Gasteiger partial charge on any atom is 0.240 e. The Labute approximate surface area is 135 Å². The summed E-state index contributed by atoms with van der Waals surface area (Å²) in [6.07, 6.45) is 3.27. The highest BCUT2D eigenvalue weighted by molar-refractivity contribution is 7.89. The number of rotatable bonds is 5. The van der Waals surface area contributed by atoms with Crippen LogP contribution in [-0.2, 0) is 16.6 Å².